The van der Waals surface area contributed by atoms with Crippen LogP contribution >= 0.6 is 0 Å². The van der Waals surface area contributed by atoms with Crippen molar-refractivity contribution in [1.82, 2.24) is 0 Å². The van der Waals surface area contributed by atoms with E-state index in [-0.39, 0.29) is 12.5 Å². The summed E-state index contributed by atoms with van der Waals surface area (Å²) in [5.41, 5.74) is 0.294. The van der Waals surface area contributed by atoms with Gasteiger partial charge < -0.3 is 14.6 Å². The lowest BCUT2D eigenvalue weighted by Crippen LogP contribution is -1.93. The third-order valence-electron chi connectivity index (χ3n) is 1.58. The molecule has 1 aliphatic rings. The Labute approximate surface area is 68.6 Å². The molecule has 0 atom stereocenters. The van der Waals surface area contributed by atoms with Gasteiger partial charge >= 0.3 is 0 Å². The molecule has 0 fully saturated rings. The zero-order valence-corrected chi connectivity index (χ0v) is 6.07. The first-order chi connectivity index (χ1) is 5.81. The van der Waals surface area contributed by atoms with Crippen molar-refractivity contribution < 1.29 is 14.6 Å². The van der Waals surface area contributed by atoms with Gasteiger partial charge in [-0.3, -0.25) is 0 Å². The van der Waals surface area contributed by atoms with E-state index in [9.17, 15) is 0 Å². The lowest BCUT2D eigenvalue weighted by molar-refractivity contribution is 0.173. The first-order valence-corrected chi connectivity index (χ1v) is 3.34. The molecule has 1 aliphatic heterocycles. The predicted octanol–water partition coefficient (Wildman–Crippen LogP) is 0.993. The van der Waals surface area contributed by atoms with E-state index < -0.39 is 0 Å². The Morgan fingerprint density at radius 3 is 3.00 bits per heavy atom. The summed E-state index contributed by atoms with van der Waals surface area (Å²) in [6, 6.07) is 4.66. The van der Waals surface area contributed by atoms with E-state index in [4.69, 9.17) is 19.8 Å². The molecule has 1 heterocycles. The van der Waals surface area contributed by atoms with Crippen LogP contribution in [0, 0.1) is 11.3 Å². The summed E-state index contributed by atoms with van der Waals surface area (Å²) in [6.07, 6.45) is 0. The molecule has 0 saturated carbocycles. The number of hydrogen-bond acceptors (Lipinski definition) is 4. The van der Waals surface area contributed by atoms with Crippen LogP contribution in [0.3, 0.4) is 0 Å². The van der Waals surface area contributed by atoms with Crippen LogP contribution in [0.1, 0.15) is 5.56 Å². The summed E-state index contributed by atoms with van der Waals surface area (Å²) >= 11 is 0. The zero-order chi connectivity index (χ0) is 8.55. The van der Waals surface area contributed by atoms with Gasteiger partial charge in [0, 0.05) is 12.1 Å². The highest BCUT2D eigenvalue weighted by molar-refractivity contribution is 5.57. The molecule has 1 aromatic rings. The van der Waals surface area contributed by atoms with Crippen molar-refractivity contribution in [3.8, 4) is 23.3 Å². The van der Waals surface area contributed by atoms with Gasteiger partial charge in [0.2, 0.25) is 6.79 Å². The van der Waals surface area contributed by atoms with Crippen LogP contribution in [0.15, 0.2) is 12.1 Å². The number of nitriles is 1. The minimum absolute atomic E-state index is 0.0100. The maximum absolute atomic E-state index is 9.12. The normalized spacial score (nSPS) is 12.6. The van der Waals surface area contributed by atoms with Gasteiger partial charge in [-0.15, -0.1) is 0 Å². The molecule has 0 saturated heterocycles. The highest BCUT2D eigenvalue weighted by atomic mass is 16.7. The number of fused-ring (bicyclic) bond motifs is 1. The lowest BCUT2D eigenvalue weighted by Gasteiger charge is -1.98. The monoisotopic (exact) mass is 163 g/mol. The third kappa shape index (κ3) is 0.839. The van der Waals surface area contributed by atoms with Crippen LogP contribution in [0.4, 0.5) is 0 Å². The summed E-state index contributed by atoms with van der Waals surface area (Å²) in [5.74, 6) is 0.845. The van der Waals surface area contributed by atoms with Crippen molar-refractivity contribution in [2.75, 3.05) is 6.79 Å². The molecular formula is C8H5NO3. The maximum atomic E-state index is 9.12. The lowest BCUT2D eigenvalue weighted by atomic mass is 10.2. The fourth-order valence-corrected chi connectivity index (χ4v) is 1.08. The zero-order valence-electron chi connectivity index (χ0n) is 6.07. The molecule has 0 radical (unpaired) electrons. The number of phenolic OH excluding ortho intramolecular Hbond substituents is 1. The Morgan fingerprint density at radius 2 is 2.25 bits per heavy atom. The van der Waals surface area contributed by atoms with Crippen LogP contribution in [-0.4, -0.2) is 11.9 Å². The van der Waals surface area contributed by atoms with E-state index in [2.05, 4.69) is 0 Å². The molecular weight excluding hydrogens is 158 g/mol. The molecule has 2 rings (SSSR count). The smallest absolute Gasteiger partial charge is 0.231 e. The second kappa shape index (κ2) is 2.31. The van der Waals surface area contributed by atoms with Crippen molar-refractivity contribution >= 4 is 0 Å². The molecule has 0 bridgehead atoms. The highest BCUT2D eigenvalue weighted by Crippen LogP contribution is 2.38. The van der Waals surface area contributed by atoms with Crippen LogP contribution in [0.25, 0.3) is 0 Å². The number of hydrogen-bond donors (Lipinski definition) is 1. The fourth-order valence-electron chi connectivity index (χ4n) is 1.08. The van der Waals surface area contributed by atoms with Gasteiger partial charge in [0.15, 0.2) is 11.5 Å². The van der Waals surface area contributed by atoms with Crippen LogP contribution in [0.2, 0.25) is 0 Å². The fraction of sp³-hybridized carbons (Fsp3) is 0.125. The summed E-state index contributed by atoms with van der Waals surface area (Å²) in [6.45, 7) is 0.105. The summed E-state index contributed by atoms with van der Waals surface area (Å²) < 4.78 is 10.0. The molecule has 0 amide bonds. The molecule has 12 heavy (non-hydrogen) atoms. The van der Waals surface area contributed by atoms with Crippen LogP contribution in [-0.2, 0) is 0 Å². The van der Waals surface area contributed by atoms with Gasteiger partial charge in [-0.2, -0.15) is 5.26 Å². The first-order valence-electron chi connectivity index (χ1n) is 3.34. The molecule has 0 unspecified atom stereocenters. The topological polar surface area (TPSA) is 62.5 Å². The first kappa shape index (κ1) is 6.80. The van der Waals surface area contributed by atoms with E-state index in [1.54, 1.807) is 0 Å². The van der Waals surface area contributed by atoms with E-state index >= 15 is 0 Å². The van der Waals surface area contributed by atoms with Gasteiger partial charge in [-0.1, -0.05) is 0 Å². The van der Waals surface area contributed by atoms with Crippen molar-refractivity contribution in [2.45, 2.75) is 0 Å². The van der Waals surface area contributed by atoms with Gasteiger partial charge in [0.25, 0.3) is 0 Å². The third-order valence-corrected chi connectivity index (χ3v) is 1.58. The summed E-state index contributed by atoms with van der Waals surface area (Å²) in [5, 5.41) is 17.8. The van der Waals surface area contributed by atoms with E-state index in [1.807, 2.05) is 6.07 Å². The average molecular weight is 163 g/mol. The minimum atomic E-state index is 0.0100. The SMILES string of the molecule is N#Cc1cc(O)cc2c1OCO2. The van der Waals surface area contributed by atoms with Gasteiger partial charge in [-0.25, -0.2) is 0 Å². The molecule has 0 aromatic heterocycles. The Bertz CT molecular complexity index is 367. The molecule has 4 heteroatoms. The van der Waals surface area contributed by atoms with Crippen LogP contribution < -0.4 is 9.47 Å². The van der Waals surface area contributed by atoms with Crippen molar-refractivity contribution in [2.24, 2.45) is 0 Å². The molecule has 60 valence electrons. The Kier molecular flexibility index (Phi) is 1.31. The molecule has 0 spiro atoms. The number of ether oxygens (including phenoxy) is 2. The highest BCUT2D eigenvalue weighted by Gasteiger charge is 2.18. The van der Waals surface area contributed by atoms with Gasteiger partial charge in [-0.05, 0) is 0 Å². The van der Waals surface area contributed by atoms with Gasteiger partial charge in [0.1, 0.15) is 17.4 Å². The van der Waals surface area contributed by atoms with Gasteiger partial charge in [0.05, 0.1) is 0 Å². The van der Waals surface area contributed by atoms with E-state index in [1.165, 1.54) is 12.1 Å². The largest absolute Gasteiger partial charge is 0.508 e. The molecule has 0 aliphatic carbocycles. The quantitative estimate of drug-likeness (QED) is 0.619. The van der Waals surface area contributed by atoms with E-state index in [0.717, 1.165) is 0 Å². The van der Waals surface area contributed by atoms with Crippen molar-refractivity contribution in [1.29, 1.82) is 5.26 Å². The molecule has 1 N–H and O–H groups in total. The Morgan fingerprint density at radius 1 is 1.42 bits per heavy atom. The number of phenols is 1. The second-order valence-electron chi connectivity index (χ2n) is 2.34. The molecule has 4 nitrogen and oxygen atoms in total. The summed E-state index contributed by atoms with van der Waals surface area (Å²) in [4.78, 5) is 0. The van der Waals surface area contributed by atoms with Crippen molar-refractivity contribution in [3.05, 3.63) is 17.7 Å². The average Bonchev–Trinajstić information content (AvgIpc) is 2.50. The minimum Gasteiger partial charge on any atom is -0.508 e. The van der Waals surface area contributed by atoms with Crippen LogP contribution in [0.5, 0.6) is 17.2 Å². The number of aromatic hydroxyl groups is 1. The second-order valence-corrected chi connectivity index (χ2v) is 2.34. The number of rotatable bonds is 0. The van der Waals surface area contributed by atoms with Crippen molar-refractivity contribution in [3.63, 3.8) is 0 Å². The standard InChI is InChI=1S/C8H5NO3/c9-3-5-1-6(10)2-7-8(5)12-4-11-7/h1-2,10H,4H2. The number of benzene rings is 1. The predicted molar refractivity (Wildman–Crippen MR) is 38.9 cm³/mol. The van der Waals surface area contributed by atoms with E-state index in [0.29, 0.717) is 17.1 Å². The summed E-state index contributed by atoms with van der Waals surface area (Å²) in [7, 11) is 0. The number of nitrogens with zero attached hydrogens (tertiary/aromatic N) is 1. The Hall–Kier alpha value is -1.89. The Balaban J connectivity index is 2.64. The molecule has 1 aromatic carbocycles. The maximum Gasteiger partial charge on any atom is 0.231 e.